The molecule has 0 saturated carbocycles. The standard InChI is InChI=1S/C13H17Cl2N3O2/c1-3-18(4-2)11(19)7-17-13(20)8-5-9(14)12(15)10(16)6-8/h5-6H,3-4,7,16H2,1-2H3,(H,17,20). The Bertz CT molecular complexity index is 493. The molecule has 5 nitrogen and oxygen atoms in total. The SMILES string of the molecule is CCN(CC)C(=O)CNC(=O)c1cc(N)c(Cl)c(Cl)c1. The number of nitrogens with one attached hydrogen (secondary N) is 1. The second kappa shape index (κ2) is 7.36. The van der Waals surface area contributed by atoms with Crippen LogP contribution >= 0.6 is 23.2 Å². The third-order valence-corrected chi connectivity index (χ3v) is 3.65. The monoisotopic (exact) mass is 317 g/mol. The first kappa shape index (κ1) is 16.6. The molecule has 2 amide bonds. The van der Waals surface area contributed by atoms with Crippen molar-refractivity contribution in [3.8, 4) is 0 Å². The highest BCUT2D eigenvalue weighted by Crippen LogP contribution is 2.29. The average molecular weight is 318 g/mol. The van der Waals surface area contributed by atoms with Gasteiger partial charge in [0, 0.05) is 18.7 Å². The lowest BCUT2D eigenvalue weighted by Gasteiger charge is -2.18. The van der Waals surface area contributed by atoms with Crippen molar-refractivity contribution in [1.29, 1.82) is 0 Å². The first-order valence-corrected chi connectivity index (χ1v) is 6.96. The molecule has 0 saturated heterocycles. The molecule has 0 aliphatic rings. The molecule has 0 aliphatic carbocycles. The van der Waals surface area contributed by atoms with Crippen LogP contribution in [-0.2, 0) is 4.79 Å². The van der Waals surface area contributed by atoms with Crippen LogP contribution in [0.5, 0.6) is 0 Å². The van der Waals surface area contributed by atoms with E-state index in [1.807, 2.05) is 13.8 Å². The molecule has 1 aromatic rings. The Morgan fingerprint density at radius 3 is 2.35 bits per heavy atom. The number of benzene rings is 1. The molecule has 1 rings (SSSR count). The van der Waals surface area contributed by atoms with Gasteiger partial charge in [0.1, 0.15) is 0 Å². The maximum Gasteiger partial charge on any atom is 0.251 e. The number of hydrogen-bond acceptors (Lipinski definition) is 3. The maximum atomic E-state index is 11.9. The Labute approximate surface area is 128 Å². The summed E-state index contributed by atoms with van der Waals surface area (Å²) < 4.78 is 0. The van der Waals surface area contributed by atoms with Crippen molar-refractivity contribution in [3.05, 3.63) is 27.7 Å². The quantitative estimate of drug-likeness (QED) is 0.817. The van der Waals surface area contributed by atoms with Gasteiger partial charge in [-0.1, -0.05) is 23.2 Å². The lowest BCUT2D eigenvalue weighted by Crippen LogP contribution is -2.40. The summed E-state index contributed by atoms with van der Waals surface area (Å²) in [5.41, 5.74) is 6.12. The summed E-state index contributed by atoms with van der Waals surface area (Å²) in [6.45, 7) is 4.89. The van der Waals surface area contributed by atoms with E-state index in [-0.39, 0.29) is 33.7 Å². The number of likely N-dealkylation sites (N-methyl/N-ethyl adjacent to an activating group) is 1. The molecule has 0 unspecified atom stereocenters. The van der Waals surface area contributed by atoms with E-state index >= 15 is 0 Å². The van der Waals surface area contributed by atoms with Gasteiger partial charge in [-0.05, 0) is 26.0 Å². The van der Waals surface area contributed by atoms with E-state index in [9.17, 15) is 9.59 Å². The van der Waals surface area contributed by atoms with Gasteiger partial charge in [0.2, 0.25) is 5.91 Å². The normalized spacial score (nSPS) is 10.2. The number of nitrogens with two attached hydrogens (primary N) is 1. The third kappa shape index (κ3) is 4.02. The van der Waals surface area contributed by atoms with E-state index in [1.165, 1.54) is 12.1 Å². The van der Waals surface area contributed by atoms with Crippen molar-refractivity contribution in [2.45, 2.75) is 13.8 Å². The Balaban J connectivity index is 2.71. The molecule has 0 aliphatic heterocycles. The zero-order valence-electron chi connectivity index (χ0n) is 11.4. The minimum Gasteiger partial charge on any atom is -0.397 e. The number of carbonyl (C=O) groups excluding carboxylic acids is 2. The van der Waals surface area contributed by atoms with Gasteiger partial charge in [0.25, 0.3) is 5.91 Å². The number of nitrogens with zero attached hydrogens (tertiary/aromatic N) is 1. The molecule has 0 heterocycles. The van der Waals surface area contributed by atoms with Crippen molar-refractivity contribution >= 4 is 40.7 Å². The number of rotatable bonds is 5. The Kier molecular flexibility index (Phi) is 6.10. The lowest BCUT2D eigenvalue weighted by molar-refractivity contribution is -0.129. The summed E-state index contributed by atoms with van der Waals surface area (Å²) >= 11 is 11.7. The van der Waals surface area contributed by atoms with Crippen LogP contribution < -0.4 is 11.1 Å². The fourth-order valence-electron chi connectivity index (χ4n) is 1.69. The van der Waals surface area contributed by atoms with Crippen molar-refractivity contribution in [1.82, 2.24) is 10.2 Å². The first-order valence-electron chi connectivity index (χ1n) is 6.21. The minimum atomic E-state index is -0.421. The summed E-state index contributed by atoms with van der Waals surface area (Å²) in [6, 6.07) is 2.84. The van der Waals surface area contributed by atoms with Gasteiger partial charge in [0.15, 0.2) is 0 Å². The van der Waals surface area contributed by atoms with Crippen LogP contribution in [0.3, 0.4) is 0 Å². The fourth-order valence-corrected chi connectivity index (χ4v) is 2.02. The van der Waals surface area contributed by atoms with Crippen LogP contribution in [-0.4, -0.2) is 36.3 Å². The van der Waals surface area contributed by atoms with Gasteiger partial charge in [-0.2, -0.15) is 0 Å². The van der Waals surface area contributed by atoms with Gasteiger partial charge < -0.3 is 16.0 Å². The summed E-state index contributed by atoms with van der Waals surface area (Å²) in [5, 5.41) is 2.95. The average Bonchev–Trinajstić information content (AvgIpc) is 2.42. The van der Waals surface area contributed by atoms with Gasteiger partial charge >= 0.3 is 0 Å². The summed E-state index contributed by atoms with van der Waals surface area (Å²) in [7, 11) is 0. The molecule has 110 valence electrons. The van der Waals surface area contributed by atoms with Crippen LogP contribution in [0.4, 0.5) is 5.69 Å². The fraction of sp³-hybridized carbons (Fsp3) is 0.385. The molecule has 1 aromatic carbocycles. The molecular formula is C13H17Cl2N3O2. The number of anilines is 1. The molecule has 0 fully saturated rings. The number of amides is 2. The van der Waals surface area contributed by atoms with Crippen LogP contribution in [0.25, 0.3) is 0 Å². The highest BCUT2D eigenvalue weighted by atomic mass is 35.5. The van der Waals surface area contributed by atoms with Crippen LogP contribution in [0.1, 0.15) is 24.2 Å². The number of hydrogen-bond donors (Lipinski definition) is 2. The Morgan fingerprint density at radius 2 is 1.85 bits per heavy atom. The molecule has 0 atom stereocenters. The van der Waals surface area contributed by atoms with Gasteiger partial charge in [-0.3, -0.25) is 9.59 Å². The predicted molar refractivity (Wildman–Crippen MR) is 81.1 cm³/mol. The molecule has 3 N–H and O–H groups in total. The van der Waals surface area contributed by atoms with E-state index in [0.29, 0.717) is 13.1 Å². The van der Waals surface area contributed by atoms with Gasteiger partial charge in [-0.15, -0.1) is 0 Å². The second-order valence-electron chi connectivity index (χ2n) is 4.11. The summed E-state index contributed by atoms with van der Waals surface area (Å²) in [4.78, 5) is 25.3. The van der Waals surface area contributed by atoms with E-state index in [4.69, 9.17) is 28.9 Å². The van der Waals surface area contributed by atoms with E-state index in [1.54, 1.807) is 4.90 Å². The summed E-state index contributed by atoms with van der Waals surface area (Å²) in [5.74, 6) is -0.563. The molecule has 0 spiro atoms. The molecular weight excluding hydrogens is 301 g/mol. The molecule has 7 heteroatoms. The van der Waals surface area contributed by atoms with E-state index in [0.717, 1.165) is 0 Å². The summed E-state index contributed by atoms with van der Waals surface area (Å²) in [6.07, 6.45) is 0. The largest absolute Gasteiger partial charge is 0.397 e. The Hall–Kier alpha value is -1.46. The molecule has 20 heavy (non-hydrogen) atoms. The van der Waals surface area contributed by atoms with Crippen molar-refractivity contribution < 1.29 is 9.59 Å². The minimum absolute atomic E-state index is 0.0688. The lowest BCUT2D eigenvalue weighted by atomic mass is 10.2. The third-order valence-electron chi connectivity index (χ3n) is 2.83. The van der Waals surface area contributed by atoms with Crippen molar-refractivity contribution in [2.75, 3.05) is 25.4 Å². The second-order valence-corrected chi connectivity index (χ2v) is 4.90. The highest BCUT2D eigenvalue weighted by Gasteiger charge is 2.14. The topological polar surface area (TPSA) is 75.4 Å². The van der Waals surface area contributed by atoms with Crippen LogP contribution in [0, 0.1) is 0 Å². The van der Waals surface area contributed by atoms with Gasteiger partial charge in [-0.25, -0.2) is 0 Å². The predicted octanol–water partition coefficient (Wildman–Crippen LogP) is 2.17. The molecule has 0 bridgehead atoms. The van der Waals surface area contributed by atoms with E-state index in [2.05, 4.69) is 5.32 Å². The highest BCUT2D eigenvalue weighted by molar-refractivity contribution is 6.43. The molecule has 0 aromatic heterocycles. The first-order chi connectivity index (χ1) is 9.40. The maximum absolute atomic E-state index is 11.9. The van der Waals surface area contributed by atoms with Crippen LogP contribution in [0.15, 0.2) is 12.1 Å². The zero-order valence-corrected chi connectivity index (χ0v) is 12.9. The van der Waals surface area contributed by atoms with Crippen LogP contribution in [0.2, 0.25) is 10.0 Å². The van der Waals surface area contributed by atoms with Crippen molar-refractivity contribution in [2.24, 2.45) is 0 Å². The number of nitrogen functional groups attached to an aromatic ring is 1. The van der Waals surface area contributed by atoms with E-state index < -0.39 is 5.91 Å². The van der Waals surface area contributed by atoms with Gasteiger partial charge in [0.05, 0.1) is 22.3 Å². The zero-order chi connectivity index (χ0) is 15.3. The van der Waals surface area contributed by atoms with Crippen molar-refractivity contribution in [3.63, 3.8) is 0 Å². The number of carbonyl (C=O) groups is 2. The smallest absolute Gasteiger partial charge is 0.251 e. The Morgan fingerprint density at radius 1 is 1.25 bits per heavy atom. The molecule has 0 radical (unpaired) electrons. The number of halogens is 2.